The van der Waals surface area contributed by atoms with Crippen molar-refractivity contribution in [3.8, 4) is 0 Å². The van der Waals surface area contributed by atoms with Crippen LogP contribution in [0.25, 0.3) is 0 Å². The van der Waals surface area contributed by atoms with E-state index in [0.29, 0.717) is 17.9 Å². The van der Waals surface area contributed by atoms with Crippen molar-refractivity contribution < 1.29 is 9.59 Å². The van der Waals surface area contributed by atoms with Crippen LogP contribution in [0, 0.1) is 5.41 Å². The summed E-state index contributed by atoms with van der Waals surface area (Å²) in [4.78, 5) is 26.4. The van der Waals surface area contributed by atoms with E-state index in [4.69, 9.17) is 0 Å². The Kier molecular flexibility index (Phi) is 3.61. The highest BCUT2D eigenvalue weighted by molar-refractivity contribution is 6.05. The van der Waals surface area contributed by atoms with Gasteiger partial charge in [0.25, 0.3) is 0 Å². The lowest BCUT2D eigenvalue weighted by atomic mass is 10.1. The average molecular weight is 278 g/mol. The Bertz CT molecular complexity index is 411. The van der Waals surface area contributed by atoms with Gasteiger partial charge in [-0.25, -0.2) is 0 Å². The van der Waals surface area contributed by atoms with Crippen molar-refractivity contribution in [3.63, 3.8) is 0 Å². The number of carbonyl (C=O) groups is 2. The summed E-state index contributed by atoms with van der Waals surface area (Å²) in [6, 6.07) is 0.298. The molecule has 2 atom stereocenters. The van der Waals surface area contributed by atoms with Crippen molar-refractivity contribution in [2.24, 2.45) is 5.41 Å². The third-order valence-electron chi connectivity index (χ3n) is 5.29. The summed E-state index contributed by atoms with van der Waals surface area (Å²) in [6.07, 6.45) is 8.24. The van der Waals surface area contributed by atoms with Crippen LogP contribution >= 0.6 is 0 Å². The number of carbonyl (C=O) groups excluding carboxylic acids is 2. The summed E-state index contributed by atoms with van der Waals surface area (Å²) in [7, 11) is 0. The third-order valence-corrected chi connectivity index (χ3v) is 5.29. The van der Waals surface area contributed by atoms with Gasteiger partial charge in [0, 0.05) is 12.1 Å². The van der Waals surface area contributed by atoms with E-state index in [1.54, 1.807) is 4.90 Å². The molecule has 1 aliphatic heterocycles. The van der Waals surface area contributed by atoms with Crippen LogP contribution in [0.3, 0.4) is 0 Å². The average Bonchev–Trinajstić information content (AvgIpc) is 2.99. The summed E-state index contributed by atoms with van der Waals surface area (Å²) in [6.45, 7) is 4.41. The van der Waals surface area contributed by atoms with E-state index in [2.05, 4.69) is 19.2 Å². The highest BCUT2D eigenvalue weighted by Gasteiger charge is 2.50. The molecule has 0 aromatic heterocycles. The van der Waals surface area contributed by atoms with Crippen LogP contribution < -0.4 is 5.32 Å². The van der Waals surface area contributed by atoms with Gasteiger partial charge in [0.2, 0.25) is 11.8 Å². The normalized spacial score (nSPS) is 34.4. The van der Waals surface area contributed by atoms with E-state index in [0.717, 1.165) is 32.1 Å². The number of amides is 2. The molecule has 1 heterocycles. The van der Waals surface area contributed by atoms with Gasteiger partial charge >= 0.3 is 0 Å². The van der Waals surface area contributed by atoms with Gasteiger partial charge in [-0.1, -0.05) is 39.5 Å². The topological polar surface area (TPSA) is 49.4 Å². The Morgan fingerprint density at radius 2 is 1.70 bits per heavy atom. The van der Waals surface area contributed by atoms with Gasteiger partial charge in [-0.05, 0) is 24.7 Å². The summed E-state index contributed by atoms with van der Waals surface area (Å²) in [5.74, 6) is 0.0717. The number of nitrogens with zero attached hydrogens (tertiary/aromatic N) is 1. The van der Waals surface area contributed by atoms with Crippen molar-refractivity contribution in [3.05, 3.63) is 0 Å². The van der Waals surface area contributed by atoms with Crippen molar-refractivity contribution in [2.45, 2.75) is 83.3 Å². The maximum absolute atomic E-state index is 12.5. The Labute approximate surface area is 121 Å². The van der Waals surface area contributed by atoms with Crippen LogP contribution in [-0.2, 0) is 9.59 Å². The molecule has 0 radical (unpaired) electrons. The van der Waals surface area contributed by atoms with E-state index >= 15 is 0 Å². The van der Waals surface area contributed by atoms with Crippen molar-refractivity contribution in [1.82, 2.24) is 10.2 Å². The number of hydrogen-bond donors (Lipinski definition) is 1. The first-order chi connectivity index (χ1) is 9.49. The lowest BCUT2D eigenvalue weighted by Crippen LogP contribution is -2.44. The predicted molar refractivity (Wildman–Crippen MR) is 77.1 cm³/mol. The molecule has 20 heavy (non-hydrogen) atoms. The van der Waals surface area contributed by atoms with E-state index in [9.17, 15) is 9.59 Å². The molecule has 0 aromatic rings. The minimum atomic E-state index is -0.266. The Hall–Kier alpha value is -0.900. The van der Waals surface area contributed by atoms with Crippen LogP contribution in [0.5, 0.6) is 0 Å². The maximum atomic E-state index is 12.5. The molecule has 2 saturated carbocycles. The Morgan fingerprint density at radius 1 is 1.10 bits per heavy atom. The fourth-order valence-corrected chi connectivity index (χ4v) is 3.68. The second-order valence-electron chi connectivity index (χ2n) is 7.42. The smallest absolute Gasteiger partial charge is 0.247 e. The molecule has 4 nitrogen and oxygen atoms in total. The lowest BCUT2D eigenvalue weighted by molar-refractivity contribution is -0.141. The zero-order valence-corrected chi connectivity index (χ0v) is 12.7. The van der Waals surface area contributed by atoms with Gasteiger partial charge < -0.3 is 5.32 Å². The van der Waals surface area contributed by atoms with Crippen molar-refractivity contribution in [1.29, 1.82) is 0 Å². The number of nitrogens with one attached hydrogen (secondary N) is 1. The Morgan fingerprint density at radius 3 is 2.25 bits per heavy atom. The summed E-state index contributed by atoms with van der Waals surface area (Å²) >= 11 is 0. The summed E-state index contributed by atoms with van der Waals surface area (Å²) < 4.78 is 0. The second kappa shape index (κ2) is 5.14. The van der Waals surface area contributed by atoms with Crippen molar-refractivity contribution >= 4 is 11.8 Å². The molecular weight excluding hydrogens is 252 g/mol. The van der Waals surface area contributed by atoms with Crippen LogP contribution in [0.15, 0.2) is 0 Å². The molecular formula is C16H26N2O2. The van der Waals surface area contributed by atoms with E-state index in [-0.39, 0.29) is 23.9 Å². The first-order valence-electron chi connectivity index (χ1n) is 8.11. The maximum Gasteiger partial charge on any atom is 0.247 e. The quantitative estimate of drug-likeness (QED) is 0.636. The van der Waals surface area contributed by atoms with Gasteiger partial charge in [0.1, 0.15) is 0 Å². The molecule has 112 valence electrons. The van der Waals surface area contributed by atoms with Crippen LogP contribution in [0.1, 0.15) is 65.2 Å². The van der Waals surface area contributed by atoms with Gasteiger partial charge in [-0.15, -0.1) is 0 Å². The largest absolute Gasteiger partial charge is 0.302 e. The van der Waals surface area contributed by atoms with Crippen LogP contribution in [0.4, 0.5) is 0 Å². The molecule has 0 bridgehead atoms. The number of rotatable bonds is 3. The fraction of sp³-hybridized carbons (Fsp3) is 0.875. The van der Waals surface area contributed by atoms with E-state index in [1.165, 1.54) is 12.8 Å². The van der Waals surface area contributed by atoms with Crippen LogP contribution in [-0.4, -0.2) is 34.8 Å². The predicted octanol–water partition coefficient (Wildman–Crippen LogP) is 2.22. The highest BCUT2D eigenvalue weighted by Crippen LogP contribution is 2.45. The lowest BCUT2D eigenvalue weighted by Gasteiger charge is -2.25. The minimum Gasteiger partial charge on any atom is -0.302 e. The first-order valence-corrected chi connectivity index (χ1v) is 8.11. The molecule has 2 amide bonds. The molecule has 0 spiro atoms. The SMILES string of the molecule is CC1(C)CC1NC1CC(=O)N(C2CCCCCC2)C1=O. The molecule has 3 fully saturated rings. The molecule has 1 saturated heterocycles. The molecule has 1 N–H and O–H groups in total. The zero-order valence-electron chi connectivity index (χ0n) is 12.7. The molecule has 2 unspecified atom stereocenters. The standard InChI is InChI=1S/C16H26N2O2/c1-16(2)10-13(16)17-12-9-14(19)18(15(12)20)11-7-5-3-4-6-8-11/h11-13,17H,3-10H2,1-2H3. The summed E-state index contributed by atoms with van der Waals surface area (Å²) in [5, 5.41) is 3.40. The van der Waals surface area contributed by atoms with Gasteiger partial charge in [-0.3, -0.25) is 14.5 Å². The van der Waals surface area contributed by atoms with Crippen LogP contribution in [0.2, 0.25) is 0 Å². The zero-order chi connectivity index (χ0) is 14.3. The van der Waals surface area contributed by atoms with Crippen molar-refractivity contribution in [2.75, 3.05) is 0 Å². The highest BCUT2D eigenvalue weighted by atomic mass is 16.2. The van der Waals surface area contributed by atoms with E-state index < -0.39 is 0 Å². The molecule has 3 aliphatic rings. The monoisotopic (exact) mass is 278 g/mol. The van der Waals surface area contributed by atoms with Gasteiger partial charge in [0.05, 0.1) is 12.5 Å². The van der Waals surface area contributed by atoms with E-state index in [1.807, 2.05) is 0 Å². The molecule has 0 aromatic carbocycles. The second-order valence-corrected chi connectivity index (χ2v) is 7.42. The fourth-order valence-electron chi connectivity index (χ4n) is 3.68. The number of likely N-dealkylation sites (tertiary alicyclic amines) is 1. The molecule has 4 heteroatoms. The summed E-state index contributed by atoms with van der Waals surface area (Å²) in [5.41, 5.74) is 0.291. The Balaban J connectivity index is 1.64. The first kappa shape index (κ1) is 14.1. The van der Waals surface area contributed by atoms with Gasteiger partial charge in [0.15, 0.2) is 0 Å². The van der Waals surface area contributed by atoms with Gasteiger partial charge in [-0.2, -0.15) is 0 Å². The molecule has 2 aliphatic carbocycles. The number of imide groups is 1. The number of hydrogen-bond acceptors (Lipinski definition) is 3. The molecule has 3 rings (SSSR count). The minimum absolute atomic E-state index is 0.0320. The third kappa shape index (κ3) is 2.62.